The molecule has 0 aliphatic rings. The Labute approximate surface area is 206 Å². The van der Waals surface area contributed by atoms with Gasteiger partial charge in [-0.05, 0) is 48.5 Å². The molecule has 0 radical (unpaired) electrons. The summed E-state index contributed by atoms with van der Waals surface area (Å²) in [5.41, 5.74) is 1.01. The minimum atomic E-state index is -0.657. The average molecular weight is 496 g/mol. The molecule has 0 aliphatic heterocycles. The first-order chi connectivity index (χ1) is 16.4. The first-order valence-corrected chi connectivity index (χ1v) is 10.7. The van der Waals surface area contributed by atoms with Crippen molar-refractivity contribution in [3.05, 3.63) is 87.9 Å². The molecule has 0 bridgehead atoms. The lowest BCUT2D eigenvalue weighted by Gasteiger charge is -2.12. The highest BCUT2D eigenvalue weighted by molar-refractivity contribution is 6.34. The van der Waals surface area contributed by atoms with Crippen molar-refractivity contribution in [2.24, 2.45) is 0 Å². The van der Waals surface area contributed by atoms with Gasteiger partial charge in [-0.3, -0.25) is 9.59 Å². The second kappa shape index (κ2) is 11.8. The number of amides is 2. The maximum absolute atomic E-state index is 12.6. The molecule has 3 rings (SSSR count). The number of nitriles is 1. The number of carbonyl (C=O) groups is 2. The maximum Gasteiger partial charge on any atom is 0.266 e. The van der Waals surface area contributed by atoms with Gasteiger partial charge >= 0.3 is 0 Å². The lowest BCUT2D eigenvalue weighted by molar-refractivity contribution is -0.118. The van der Waals surface area contributed by atoms with Gasteiger partial charge in [-0.2, -0.15) is 5.26 Å². The van der Waals surface area contributed by atoms with E-state index in [-0.39, 0.29) is 17.9 Å². The third-order valence-electron chi connectivity index (χ3n) is 4.50. The molecule has 0 spiro atoms. The van der Waals surface area contributed by atoms with Gasteiger partial charge in [-0.15, -0.1) is 0 Å². The second-order valence-corrected chi connectivity index (χ2v) is 7.67. The van der Waals surface area contributed by atoms with Crippen LogP contribution in [0.15, 0.2) is 72.3 Å². The van der Waals surface area contributed by atoms with Crippen LogP contribution in [0.4, 0.5) is 11.4 Å². The Morgan fingerprint density at radius 2 is 1.68 bits per heavy atom. The largest absolute Gasteiger partial charge is 0.495 e. The van der Waals surface area contributed by atoms with Crippen molar-refractivity contribution in [3.8, 4) is 17.6 Å². The van der Waals surface area contributed by atoms with E-state index in [9.17, 15) is 14.9 Å². The molecule has 7 nitrogen and oxygen atoms in total. The Hall–Kier alpha value is -3.99. The van der Waals surface area contributed by atoms with Crippen LogP contribution in [0.3, 0.4) is 0 Å². The zero-order valence-corrected chi connectivity index (χ0v) is 19.5. The molecule has 2 amide bonds. The summed E-state index contributed by atoms with van der Waals surface area (Å²) in [6.07, 6.45) is 1.32. The van der Waals surface area contributed by atoms with Crippen LogP contribution in [0.2, 0.25) is 10.0 Å². The zero-order chi connectivity index (χ0) is 24.5. The summed E-state index contributed by atoms with van der Waals surface area (Å²) >= 11 is 12.2. The summed E-state index contributed by atoms with van der Waals surface area (Å²) < 4.78 is 10.9. The van der Waals surface area contributed by atoms with Gasteiger partial charge in [-0.25, -0.2) is 0 Å². The quantitative estimate of drug-likeness (QED) is 0.314. The van der Waals surface area contributed by atoms with Crippen molar-refractivity contribution in [3.63, 3.8) is 0 Å². The first-order valence-electron chi connectivity index (χ1n) is 9.94. The molecule has 0 aromatic heterocycles. The summed E-state index contributed by atoms with van der Waals surface area (Å²) in [6.45, 7) is -0.325. The van der Waals surface area contributed by atoms with Crippen LogP contribution in [0.25, 0.3) is 6.08 Å². The Morgan fingerprint density at radius 3 is 2.38 bits per heavy atom. The third kappa shape index (κ3) is 6.51. The maximum atomic E-state index is 12.6. The molecule has 0 atom stereocenters. The smallest absolute Gasteiger partial charge is 0.266 e. The van der Waals surface area contributed by atoms with Gasteiger partial charge in [0.15, 0.2) is 6.61 Å². The minimum Gasteiger partial charge on any atom is -0.495 e. The van der Waals surface area contributed by atoms with E-state index in [4.69, 9.17) is 32.7 Å². The molecule has 3 aromatic rings. The van der Waals surface area contributed by atoms with Crippen molar-refractivity contribution in [1.29, 1.82) is 5.26 Å². The van der Waals surface area contributed by atoms with E-state index in [1.807, 2.05) is 6.07 Å². The van der Waals surface area contributed by atoms with Gasteiger partial charge in [0, 0.05) is 10.6 Å². The fraction of sp³-hybridized carbons (Fsp3) is 0.0800. The number of anilines is 2. The molecule has 172 valence electrons. The summed E-state index contributed by atoms with van der Waals surface area (Å²) in [6, 6.07) is 20.1. The molecule has 9 heteroatoms. The van der Waals surface area contributed by atoms with Crippen molar-refractivity contribution in [2.75, 3.05) is 24.4 Å². The molecular weight excluding hydrogens is 477 g/mol. The number of methoxy groups -OCH3 is 1. The normalized spacial score (nSPS) is 10.7. The summed E-state index contributed by atoms with van der Waals surface area (Å²) in [4.78, 5) is 25.0. The predicted molar refractivity (Wildman–Crippen MR) is 132 cm³/mol. The Balaban J connectivity index is 1.76. The average Bonchev–Trinajstić information content (AvgIpc) is 2.83. The van der Waals surface area contributed by atoms with Crippen molar-refractivity contribution >= 4 is 52.5 Å². The second-order valence-electron chi connectivity index (χ2n) is 6.82. The fourth-order valence-corrected chi connectivity index (χ4v) is 3.26. The van der Waals surface area contributed by atoms with Gasteiger partial charge in [0.05, 0.1) is 23.5 Å². The summed E-state index contributed by atoms with van der Waals surface area (Å²) in [5.74, 6) is -0.311. The molecule has 0 aliphatic carbocycles. The number of hydrogen-bond donors (Lipinski definition) is 2. The number of carbonyl (C=O) groups excluding carboxylic acids is 2. The molecule has 0 heterocycles. The molecule has 0 saturated heterocycles. The van der Waals surface area contributed by atoms with E-state index in [1.54, 1.807) is 60.7 Å². The lowest BCUT2D eigenvalue weighted by Crippen LogP contribution is -2.20. The highest BCUT2D eigenvalue weighted by Gasteiger charge is 2.14. The predicted octanol–water partition coefficient (Wildman–Crippen LogP) is 5.57. The monoisotopic (exact) mass is 495 g/mol. The van der Waals surface area contributed by atoms with E-state index in [0.29, 0.717) is 32.7 Å². The SMILES string of the molecule is COc1ccccc1NC(=O)COc1ccc(Cl)cc1C=C(C#N)C(=O)Nc1ccccc1Cl. The zero-order valence-electron chi connectivity index (χ0n) is 18.0. The van der Waals surface area contributed by atoms with E-state index in [2.05, 4.69) is 10.6 Å². The van der Waals surface area contributed by atoms with Gasteiger partial charge in [0.1, 0.15) is 23.1 Å². The molecule has 0 unspecified atom stereocenters. The molecule has 3 aromatic carbocycles. The Bertz CT molecular complexity index is 1290. The first kappa shape index (κ1) is 24.6. The van der Waals surface area contributed by atoms with Gasteiger partial charge in [0.2, 0.25) is 0 Å². The van der Waals surface area contributed by atoms with E-state index < -0.39 is 11.8 Å². The molecule has 2 N–H and O–H groups in total. The summed E-state index contributed by atoms with van der Waals surface area (Å²) in [7, 11) is 1.50. The number of para-hydroxylation sites is 3. The molecule has 0 saturated carbocycles. The molecule has 0 fully saturated rings. The fourth-order valence-electron chi connectivity index (χ4n) is 2.90. The number of ether oxygens (including phenoxy) is 2. The van der Waals surface area contributed by atoms with Crippen molar-refractivity contribution < 1.29 is 19.1 Å². The van der Waals surface area contributed by atoms with Crippen LogP contribution in [0.5, 0.6) is 11.5 Å². The standard InChI is InChI=1S/C25H19Cl2N3O4/c1-33-23-9-5-4-8-21(23)29-24(31)15-34-22-11-10-18(26)13-16(22)12-17(14-28)25(32)30-20-7-3-2-6-19(20)27/h2-13H,15H2,1H3,(H,29,31)(H,30,32). The number of halogens is 2. The molecular formula is C25H19Cl2N3O4. The van der Waals surface area contributed by atoms with Crippen LogP contribution in [-0.4, -0.2) is 25.5 Å². The number of hydrogen-bond acceptors (Lipinski definition) is 5. The number of benzene rings is 3. The summed E-state index contributed by atoms with van der Waals surface area (Å²) in [5, 5.41) is 15.5. The van der Waals surface area contributed by atoms with E-state index in [0.717, 1.165) is 0 Å². The third-order valence-corrected chi connectivity index (χ3v) is 5.06. The van der Waals surface area contributed by atoms with Crippen LogP contribution < -0.4 is 20.1 Å². The lowest BCUT2D eigenvalue weighted by atomic mass is 10.1. The molecule has 34 heavy (non-hydrogen) atoms. The highest BCUT2D eigenvalue weighted by Crippen LogP contribution is 2.27. The van der Waals surface area contributed by atoms with Gasteiger partial charge < -0.3 is 20.1 Å². The van der Waals surface area contributed by atoms with Gasteiger partial charge in [0.25, 0.3) is 11.8 Å². The van der Waals surface area contributed by atoms with Crippen molar-refractivity contribution in [2.45, 2.75) is 0 Å². The van der Waals surface area contributed by atoms with Crippen LogP contribution in [-0.2, 0) is 9.59 Å². The Kier molecular flexibility index (Phi) is 8.52. The number of rotatable bonds is 8. The van der Waals surface area contributed by atoms with Crippen LogP contribution in [0.1, 0.15) is 5.56 Å². The van der Waals surface area contributed by atoms with Crippen LogP contribution in [0, 0.1) is 11.3 Å². The number of nitrogens with zero attached hydrogens (tertiary/aromatic N) is 1. The van der Waals surface area contributed by atoms with Crippen LogP contribution >= 0.6 is 23.2 Å². The van der Waals surface area contributed by atoms with E-state index in [1.165, 1.54) is 19.3 Å². The van der Waals surface area contributed by atoms with Gasteiger partial charge in [-0.1, -0.05) is 47.5 Å². The van der Waals surface area contributed by atoms with E-state index >= 15 is 0 Å². The minimum absolute atomic E-state index is 0.203. The topological polar surface area (TPSA) is 100 Å². The van der Waals surface area contributed by atoms with Crippen molar-refractivity contribution in [1.82, 2.24) is 0 Å². The highest BCUT2D eigenvalue weighted by atomic mass is 35.5. The number of nitrogens with one attached hydrogen (secondary N) is 2. The Morgan fingerprint density at radius 1 is 0.971 bits per heavy atom.